The molecule has 0 spiro atoms. The van der Waals surface area contributed by atoms with Crippen LogP contribution in [0.5, 0.6) is 0 Å². The van der Waals surface area contributed by atoms with Crippen molar-refractivity contribution in [3.05, 3.63) is 16.4 Å². The van der Waals surface area contributed by atoms with Crippen molar-refractivity contribution in [2.45, 2.75) is 71.4 Å². The molecule has 0 amide bonds. The van der Waals surface area contributed by atoms with Crippen LogP contribution in [0.25, 0.3) is 0 Å². The largest absolute Gasteiger partial charge is 0.308 e. The molecular formula is C16H28ClN3. The fraction of sp³-hybridized carbons (Fsp3) is 0.812. The molecule has 1 heterocycles. The summed E-state index contributed by atoms with van der Waals surface area (Å²) in [6.45, 7) is 5.24. The van der Waals surface area contributed by atoms with E-state index >= 15 is 0 Å². The third-order valence-electron chi connectivity index (χ3n) is 4.70. The van der Waals surface area contributed by atoms with Gasteiger partial charge < -0.3 is 5.32 Å². The van der Waals surface area contributed by atoms with Gasteiger partial charge in [-0.15, -0.1) is 0 Å². The Hall–Kier alpha value is -0.540. The van der Waals surface area contributed by atoms with Gasteiger partial charge in [-0.05, 0) is 32.1 Å². The fourth-order valence-electron chi connectivity index (χ4n) is 3.25. The molecule has 20 heavy (non-hydrogen) atoms. The summed E-state index contributed by atoms with van der Waals surface area (Å²) < 4.78 is 1.92. The van der Waals surface area contributed by atoms with Crippen molar-refractivity contribution in [2.24, 2.45) is 13.0 Å². The summed E-state index contributed by atoms with van der Waals surface area (Å²) in [5.74, 6) is 0.815. The number of nitrogens with one attached hydrogen (secondary N) is 1. The second kappa shape index (κ2) is 7.46. The minimum absolute atomic E-state index is 0.559. The predicted octanol–water partition coefficient (Wildman–Crippen LogP) is 4.08. The highest BCUT2D eigenvalue weighted by Gasteiger charge is 2.20. The average Bonchev–Trinajstić information content (AvgIpc) is 2.66. The van der Waals surface area contributed by atoms with E-state index in [1.54, 1.807) is 0 Å². The fourth-order valence-corrected chi connectivity index (χ4v) is 3.61. The van der Waals surface area contributed by atoms with Crippen LogP contribution in [0.15, 0.2) is 0 Å². The van der Waals surface area contributed by atoms with Crippen molar-refractivity contribution >= 4 is 11.6 Å². The molecule has 1 atom stereocenters. The van der Waals surface area contributed by atoms with Crippen molar-refractivity contribution in [3.8, 4) is 0 Å². The highest BCUT2D eigenvalue weighted by Crippen LogP contribution is 2.26. The molecule has 4 heteroatoms. The van der Waals surface area contributed by atoms with Crippen molar-refractivity contribution < 1.29 is 0 Å². The molecule has 0 radical (unpaired) electrons. The molecule has 1 aliphatic rings. The first-order valence-corrected chi connectivity index (χ1v) is 8.44. The SMILES string of the molecule is CCc1nn(C)c(CN[C@@H](C)C2CCCCCC2)c1Cl. The summed E-state index contributed by atoms with van der Waals surface area (Å²) in [5, 5.41) is 8.99. The van der Waals surface area contributed by atoms with Crippen molar-refractivity contribution in [2.75, 3.05) is 0 Å². The van der Waals surface area contributed by atoms with Crippen LogP contribution in [0.1, 0.15) is 63.8 Å². The van der Waals surface area contributed by atoms with Crippen LogP contribution in [0.2, 0.25) is 5.02 Å². The van der Waals surface area contributed by atoms with E-state index in [0.29, 0.717) is 6.04 Å². The zero-order chi connectivity index (χ0) is 14.5. The van der Waals surface area contributed by atoms with Gasteiger partial charge in [0.2, 0.25) is 0 Å². The van der Waals surface area contributed by atoms with Crippen LogP contribution in [-0.2, 0) is 20.0 Å². The summed E-state index contributed by atoms with van der Waals surface area (Å²) in [6, 6.07) is 0.559. The van der Waals surface area contributed by atoms with Crippen LogP contribution >= 0.6 is 11.6 Å². The van der Waals surface area contributed by atoms with E-state index in [1.165, 1.54) is 38.5 Å². The predicted molar refractivity (Wildman–Crippen MR) is 85.1 cm³/mol. The molecule has 114 valence electrons. The maximum atomic E-state index is 6.40. The van der Waals surface area contributed by atoms with Crippen LogP contribution in [0.4, 0.5) is 0 Å². The first kappa shape index (κ1) is 15.8. The maximum Gasteiger partial charge on any atom is 0.0863 e. The lowest BCUT2D eigenvalue weighted by Gasteiger charge is -2.23. The van der Waals surface area contributed by atoms with Gasteiger partial charge in [0.1, 0.15) is 0 Å². The van der Waals surface area contributed by atoms with E-state index in [2.05, 4.69) is 24.3 Å². The Morgan fingerprint density at radius 3 is 2.50 bits per heavy atom. The zero-order valence-electron chi connectivity index (χ0n) is 13.1. The van der Waals surface area contributed by atoms with Gasteiger partial charge in [-0.3, -0.25) is 4.68 Å². The third-order valence-corrected chi connectivity index (χ3v) is 5.14. The highest BCUT2D eigenvalue weighted by atomic mass is 35.5. The van der Waals surface area contributed by atoms with E-state index in [1.807, 2.05) is 11.7 Å². The van der Waals surface area contributed by atoms with Gasteiger partial charge in [0, 0.05) is 19.6 Å². The number of nitrogens with zero attached hydrogens (tertiary/aromatic N) is 2. The second-order valence-corrected chi connectivity index (χ2v) is 6.48. The molecule has 0 aromatic carbocycles. The first-order valence-electron chi connectivity index (χ1n) is 8.07. The molecule has 0 bridgehead atoms. The highest BCUT2D eigenvalue weighted by molar-refractivity contribution is 6.31. The minimum atomic E-state index is 0.559. The number of hydrogen-bond donors (Lipinski definition) is 1. The van der Waals surface area contributed by atoms with E-state index in [9.17, 15) is 0 Å². The summed E-state index contributed by atoms with van der Waals surface area (Å²) in [6.07, 6.45) is 9.24. The molecule has 1 aromatic rings. The molecule has 0 unspecified atom stereocenters. The normalized spacial score (nSPS) is 19.0. The lowest BCUT2D eigenvalue weighted by Crippen LogP contribution is -2.33. The molecule has 1 aliphatic carbocycles. The summed E-state index contributed by atoms with van der Waals surface area (Å²) in [5.41, 5.74) is 2.12. The van der Waals surface area contributed by atoms with E-state index in [-0.39, 0.29) is 0 Å². The number of aromatic nitrogens is 2. The topological polar surface area (TPSA) is 29.9 Å². The molecule has 0 aliphatic heterocycles. The lowest BCUT2D eigenvalue weighted by molar-refractivity contribution is 0.334. The number of aryl methyl sites for hydroxylation is 2. The Kier molecular flexibility index (Phi) is 5.91. The molecular weight excluding hydrogens is 270 g/mol. The Balaban J connectivity index is 1.92. The molecule has 0 saturated heterocycles. The molecule has 3 nitrogen and oxygen atoms in total. The van der Waals surface area contributed by atoms with Crippen molar-refractivity contribution in [1.82, 2.24) is 15.1 Å². The first-order chi connectivity index (χ1) is 9.63. The van der Waals surface area contributed by atoms with Gasteiger partial charge in [0.05, 0.1) is 16.4 Å². The van der Waals surface area contributed by atoms with Gasteiger partial charge in [-0.1, -0.05) is 44.2 Å². The summed E-state index contributed by atoms with van der Waals surface area (Å²) in [7, 11) is 1.98. The minimum Gasteiger partial charge on any atom is -0.308 e. The molecule has 1 N–H and O–H groups in total. The smallest absolute Gasteiger partial charge is 0.0863 e. The van der Waals surface area contributed by atoms with Crippen LogP contribution in [0.3, 0.4) is 0 Å². The quantitative estimate of drug-likeness (QED) is 0.830. The molecule has 1 fully saturated rings. The van der Waals surface area contributed by atoms with Crippen molar-refractivity contribution in [1.29, 1.82) is 0 Å². The van der Waals surface area contributed by atoms with Gasteiger partial charge in [0.25, 0.3) is 0 Å². The monoisotopic (exact) mass is 297 g/mol. The van der Waals surface area contributed by atoms with Crippen LogP contribution < -0.4 is 5.32 Å². The van der Waals surface area contributed by atoms with E-state index < -0.39 is 0 Å². The molecule has 1 saturated carbocycles. The Bertz CT molecular complexity index is 420. The number of hydrogen-bond acceptors (Lipinski definition) is 2. The van der Waals surface area contributed by atoms with Gasteiger partial charge in [-0.25, -0.2) is 0 Å². The second-order valence-electron chi connectivity index (χ2n) is 6.11. The molecule has 2 rings (SSSR count). The average molecular weight is 298 g/mol. The van der Waals surface area contributed by atoms with Crippen molar-refractivity contribution in [3.63, 3.8) is 0 Å². The Morgan fingerprint density at radius 1 is 1.30 bits per heavy atom. The Morgan fingerprint density at radius 2 is 1.95 bits per heavy atom. The zero-order valence-corrected chi connectivity index (χ0v) is 13.8. The third kappa shape index (κ3) is 3.76. The maximum absolute atomic E-state index is 6.40. The Labute approximate surface area is 128 Å². The molecule has 1 aromatic heterocycles. The lowest BCUT2D eigenvalue weighted by atomic mass is 9.93. The van der Waals surface area contributed by atoms with Gasteiger partial charge in [-0.2, -0.15) is 5.10 Å². The van der Waals surface area contributed by atoms with E-state index in [4.69, 9.17) is 11.6 Å². The van der Waals surface area contributed by atoms with Gasteiger partial charge >= 0.3 is 0 Å². The van der Waals surface area contributed by atoms with E-state index in [0.717, 1.165) is 35.3 Å². The summed E-state index contributed by atoms with van der Waals surface area (Å²) >= 11 is 6.40. The standard InChI is InChI=1S/C16H28ClN3/c1-4-14-16(17)15(20(3)19-14)11-18-12(2)13-9-7-5-6-8-10-13/h12-13,18H,4-11H2,1-3H3/t12-/m0/s1. The number of rotatable bonds is 5. The number of halogens is 1. The van der Waals surface area contributed by atoms with Crippen LogP contribution in [0, 0.1) is 5.92 Å². The summed E-state index contributed by atoms with van der Waals surface area (Å²) in [4.78, 5) is 0. The van der Waals surface area contributed by atoms with Gasteiger partial charge in [0.15, 0.2) is 0 Å². The van der Waals surface area contributed by atoms with Crippen LogP contribution in [-0.4, -0.2) is 15.8 Å².